The lowest BCUT2D eigenvalue weighted by Crippen LogP contribution is -2.44. The zero-order valence-corrected chi connectivity index (χ0v) is 9.76. The summed E-state index contributed by atoms with van der Waals surface area (Å²) in [5.41, 5.74) is 1.52. The van der Waals surface area contributed by atoms with Gasteiger partial charge in [0.05, 0.1) is 5.52 Å². The number of carbonyl (C=O) groups excluding carboxylic acids is 1. The Balaban J connectivity index is 1.83. The van der Waals surface area contributed by atoms with Crippen LogP contribution in [0.4, 0.5) is 5.95 Å². The minimum atomic E-state index is -0.262. The summed E-state index contributed by atoms with van der Waals surface area (Å²) < 4.78 is 0. The molecule has 0 bridgehead atoms. The van der Waals surface area contributed by atoms with E-state index in [2.05, 4.69) is 25.8 Å². The Morgan fingerprint density at radius 3 is 2.89 bits per heavy atom. The molecular weight excluding hydrogens is 230 g/mol. The van der Waals surface area contributed by atoms with Crippen LogP contribution in [0.5, 0.6) is 0 Å². The van der Waals surface area contributed by atoms with E-state index < -0.39 is 0 Å². The maximum absolute atomic E-state index is 11.6. The third-order valence-corrected chi connectivity index (χ3v) is 2.95. The third-order valence-electron chi connectivity index (χ3n) is 2.95. The SMILES string of the molecule is O=C1NCCCC1Nc1nnc2ccccc2n1. The van der Waals surface area contributed by atoms with Gasteiger partial charge in [0, 0.05) is 6.54 Å². The molecule has 1 aliphatic heterocycles. The van der Waals surface area contributed by atoms with Crippen LogP contribution >= 0.6 is 0 Å². The first-order valence-corrected chi connectivity index (χ1v) is 5.97. The molecule has 0 radical (unpaired) electrons. The van der Waals surface area contributed by atoms with Crippen molar-refractivity contribution < 1.29 is 4.79 Å². The Hall–Kier alpha value is -2.24. The molecule has 3 rings (SSSR count). The van der Waals surface area contributed by atoms with Gasteiger partial charge in [-0.1, -0.05) is 12.1 Å². The molecule has 6 nitrogen and oxygen atoms in total. The fourth-order valence-corrected chi connectivity index (χ4v) is 2.01. The molecule has 2 aromatic rings. The van der Waals surface area contributed by atoms with Crippen molar-refractivity contribution in [2.75, 3.05) is 11.9 Å². The Bertz CT molecular complexity index is 585. The summed E-state index contributed by atoms with van der Waals surface area (Å²) in [7, 11) is 0. The average molecular weight is 243 g/mol. The maximum atomic E-state index is 11.6. The number of hydrogen-bond donors (Lipinski definition) is 2. The zero-order chi connectivity index (χ0) is 12.4. The molecule has 0 spiro atoms. The Kier molecular flexibility index (Phi) is 2.76. The average Bonchev–Trinajstić information content (AvgIpc) is 2.41. The molecule has 18 heavy (non-hydrogen) atoms. The van der Waals surface area contributed by atoms with Crippen molar-refractivity contribution in [3.8, 4) is 0 Å². The fourth-order valence-electron chi connectivity index (χ4n) is 2.01. The number of hydrogen-bond acceptors (Lipinski definition) is 5. The lowest BCUT2D eigenvalue weighted by atomic mass is 10.1. The minimum absolute atomic E-state index is 0.00184. The van der Waals surface area contributed by atoms with Crippen LogP contribution in [0.15, 0.2) is 24.3 Å². The number of amides is 1. The lowest BCUT2D eigenvalue weighted by molar-refractivity contribution is -0.123. The van der Waals surface area contributed by atoms with Gasteiger partial charge >= 0.3 is 0 Å². The van der Waals surface area contributed by atoms with Crippen molar-refractivity contribution in [2.24, 2.45) is 0 Å². The van der Waals surface area contributed by atoms with E-state index in [0.717, 1.165) is 30.4 Å². The van der Waals surface area contributed by atoms with Gasteiger partial charge in [-0.25, -0.2) is 4.98 Å². The normalized spacial score (nSPS) is 19.6. The molecule has 6 heteroatoms. The monoisotopic (exact) mass is 243 g/mol. The number of nitrogens with zero attached hydrogens (tertiary/aromatic N) is 3. The Morgan fingerprint density at radius 1 is 1.22 bits per heavy atom. The second kappa shape index (κ2) is 4.56. The molecule has 1 fully saturated rings. The van der Waals surface area contributed by atoms with Crippen molar-refractivity contribution in [2.45, 2.75) is 18.9 Å². The van der Waals surface area contributed by atoms with E-state index in [1.54, 1.807) is 0 Å². The second-order valence-corrected chi connectivity index (χ2v) is 4.25. The Labute approximate surface area is 104 Å². The number of rotatable bonds is 2. The summed E-state index contributed by atoms with van der Waals surface area (Å²) in [4.78, 5) is 16.0. The molecule has 1 unspecified atom stereocenters. The van der Waals surface area contributed by atoms with E-state index in [4.69, 9.17) is 0 Å². The van der Waals surface area contributed by atoms with Crippen molar-refractivity contribution in [1.82, 2.24) is 20.5 Å². The van der Waals surface area contributed by atoms with Crippen LogP contribution < -0.4 is 10.6 Å². The van der Waals surface area contributed by atoms with Crippen LogP contribution in [0.3, 0.4) is 0 Å². The number of fused-ring (bicyclic) bond motifs is 1. The largest absolute Gasteiger partial charge is 0.354 e. The van der Waals surface area contributed by atoms with Gasteiger partial charge in [-0.15, -0.1) is 10.2 Å². The van der Waals surface area contributed by atoms with Crippen LogP contribution in [-0.4, -0.2) is 33.7 Å². The quantitative estimate of drug-likeness (QED) is 0.812. The first-order valence-electron chi connectivity index (χ1n) is 5.97. The number of nitrogens with one attached hydrogen (secondary N) is 2. The van der Waals surface area contributed by atoms with Gasteiger partial charge in [-0.2, -0.15) is 0 Å². The molecule has 1 aliphatic rings. The number of benzene rings is 1. The highest BCUT2D eigenvalue weighted by Crippen LogP contribution is 2.12. The number of anilines is 1. The molecule has 2 N–H and O–H groups in total. The summed E-state index contributed by atoms with van der Waals surface area (Å²) in [5.74, 6) is 0.397. The number of aromatic nitrogens is 3. The van der Waals surface area contributed by atoms with Gasteiger partial charge in [-0.05, 0) is 25.0 Å². The van der Waals surface area contributed by atoms with Crippen molar-refractivity contribution in [3.05, 3.63) is 24.3 Å². The van der Waals surface area contributed by atoms with Crippen LogP contribution in [0, 0.1) is 0 Å². The summed E-state index contributed by atoms with van der Waals surface area (Å²) >= 11 is 0. The number of carbonyl (C=O) groups is 1. The molecule has 1 amide bonds. The topological polar surface area (TPSA) is 79.8 Å². The van der Waals surface area contributed by atoms with E-state index in [-0.39, 0.29) is 11.9 Å². The van der Waals surface area contributed by atoms with Gasteiger partial charge < -0.3 is 10.6 Å². The smallest absolute Gasteiger partial charge is 0.243 e. The molecule has 1 atom stereocenters. The van der Waals surface area contributed by atoms with Crippen LogP contribution in [0.25, 0.3) is 11.0 Å². The van der Waals surface area contributed by atoms with Gasteiger partial charge in [0.1, 0.15) is 11.6 Å². The molecule has 0 saturated carbocycles. The highest BCUT2D eigenvalue weighted by molar-refractivity contribution is 5.85. The van der Waals surface area contributed by atoms with Gasteiger partial charge in [0.25, 0.3) is 0 Å². The highest BCUT2D eigenvalue weighted by Gasteiger charge is 2.22. The van der Waals surface area contributed by atoms with E-state index in [0.29, 0.717) is 5.95 Å². The van der Waals surface area contributed by atoms with E-state index in [9.17, 15) is 4.79 Å². The predicted molar refractivity (Wildman–Crippen MR) is 67.0 cm³/mol. The first-order chi connectivity index (χ1) is 8.83. The molecule has 92 valence electrons. The molecular formula is C12H13N5O. The van der Waals surface area contributed by atoms with Gasteiger partial charge in [0.15, 0.2) is 0 Å². The summed E-state index contributed by atoms with van der Waals surface area (Å²) in [5, 5.41) is 13.9. The number of para-hydroxylation sites is 1. The van der Waals surface area contributed by atoms with Crippen molar-refractivity contribution in [3.63, 3.8) is 0 Å². The summed E-state index contributed by atoms with van der Waals surface area (Å²) in [6.45, 7) is 0.744. The summed E-state index contributed by atoms with van der Waals surface area (Å²) in [6, 6.07) is 7.25. The fraction of sp³-hybridized carbons (Fsp3) is 0.333. The first kappa shape index (κ1) is 10.9. The number of piperidine rings is 1. The van der Waals surface area contributed by atoms with E-state index in [1.807, 2.05) is 24.3 Å². The Morgan fingerprint density at radius 2 is 2.06 bits per heavy atom. The van der Waals surface area contributed by atoms with Crippen molar-refractivity contribution >= 4 is 22.9 Å². The van der Waals surface area contributed by atoms with Crippen LogP contribution in [0.1, 0.15) is 12.8 Å². The lowest BCUT2D eigenvalue weighted by Gasteiger charge is -2.22. The minimum Gasteiger partial charge on any atom is -0.354 e. The summed E-state index contributed by atoms with van der Waals surface area (Å²) in [6.07, 6.45) is 1.76. The molecule has 1 aromatic carbocycles. The van der Waals surface area contributed by atoms with E-state index >= 15 is 0 Å². The molecule has 1 aromatic heterocycles. The maximum Gasteiger partial charge on any atom is 0.243 e. The van der Waals surface area contributed by atoms with Crippen molar-refractivity contribution in [1.29, 1.82) is 0 Å². The zero-order valence-electron chi connectivity index (χ0n) is 9.76. The van der Waals surface area contributed by atoms with Crippen LogP contribution in [0.2, 0.25) is 0 Å². The standard InChI is InChI=1S/C12H13N5O/c18-11-10(6-3-7-13-11)15-12-14-8-4-1-2-5-9(8)16-17-12/h1-2,4-5,10H,3,6-7H2,(H,13,18)(H,14,15,17). The molecule has 0 aliphatic carbocycles. The third kappa shape index (κ3) is 2.09. The van der Waals surface area contributed by atoms with Crippen LogP contribution in [-0.2, 0) is 4.79 Å². The molecule has 1 saturated heterocycles. The van der Waals surface area contributed by atoms with Gasteiger partial charge in [0.2, 0.25) is 11.9 Å². The highest BCUT2D eigenvalue weighted by atomic mass is 16.2. The predicted octanol–water partition coefficient (Wildman–Crippen LogP) is 0.715. The second-order valence-electron chi connectivity index (χ2n) is 4.25. The molecule has 2 heterocycles. The van der Waals surface area contributed by atoms with E-state index in [1.165, 1.54) is 0 Å². The van der Waals surface area contributed by atoms with Gasteiger partial charge in [-0.3, -0.25) is 4.79 Å².